The number of aromatic carboxylic acids is 1. The summed E-state index contributed by atoms with van der Waals surface area (Å²) < 4.78 is 0. The number of nitrogens with zero attached hydrogens (tertiary/aromatic N) is 1. The van der Waals surface area contributed by atoms with Crippen LogP contribution in [0.25, 0.3) is 0 Å². The Kier molecular flexibility index (Phi) is 3.62. The molecule has 1 saturated heterocycles. The molecular formula is C13H16N2O3. The monoisotopic (exact) mass is 248 g/mol. The fourth-order valence-corrected chi connectivity index (χ4v) is 2.09. The van der Waals surface area contributed by atoms with Crippen LogP contribution < -0.4 is 5.32 Å². The fourth-order valence-electron chi connectivity index (χ4n) is 2.09. The van der Waals surface area contributed by atoms with E-state index in [9.17, 15) is 9.59 Å². The van der Waals surface area contributed by atoms with Gasteiger partial charge in [-0.2, -0.15) is 0 Å². The van der Waals surface area contributed by atoms with E-state index in [1.165, 1.54) is 6.07 Å². The topological polar surface area (TPSA) is 69.6 Å². The molecule has 1 aromatic carbocycles. The van der Waals surface area contributed by atoms with E-state index < -0.39 is 5.97 Å². The van der Waals surface area contributed by atoms with E-state index in [1.54, 1.807) is 24.0 Å². The number of carboxylic acids is 1. The van der Waals surface area contributed by atoms with Crippen LogP contribution in [-0.2, 0) is 0 Å². The van der Waals surface area contributed by atoms with E-state index in [4.69, 9.17) is 5.11 Å². The first kappa shape index (κ1) is 12.6. The Morgan fingerprint density at radius 3 is 2.50 bits per heavy atom. The summed E-state index contributed by atoms with van der Waals surface area (Å²) in [5.41, 5.74) is 1.41. The minimum absolute atomic E-state index is 0.0310. The van der Waals surface area contributed by atoms with Gasteiger partial charge in [0.25, 0.3) is 5.91 Å². The molecule has 1 amide bonds. The quantitative estimate of drug-likeness (QED) is 0.810. The first-order chi connectivity index (χ1) is 8.59. The van der Waals surface area contributed by atoms with Crippen LogP contribution in [0.4, 0.5) is 0 Å². The van der Waals surface area contributed by atoms with Crippen molar-refractivity contribution in [2.24, 2.45) is 0 Å². The first-order valence-corrected chi connectivity index (χ1v) is 5.93. The number of benzene rings is 1. The van der Waals surface area contributed by atoms with Gasteiger partial charge in [0.05, 0.1) is 5.56 Å². The number of rotatable bonds is 2. The molecule has 1 fully saturated rings. The SMILES string of the molecule is Cc1cc(C(=O)N2CCNCC2)ccc1C(=O)O. The second kappa shape index (κ2) is 5.18. The highest BCUT2D eigenvalue weighted by Crippen LogP contribution is 2.13. The predicted octanol–water partition coefficient (Wildman–Crippen LogP) is 0.739. The van der Waals surface area contributed by atoms with Crippen molar-refractivity contribution in [2.45, 2.75) is 6.92 Å². The van der Waals surface area contributed by atoms with Gasteiger partial charge < -0.3 is 15.3 Å². The molecule has 1 heterocycles. The molecule has 0 aliphatic carbocycles. The molecule has 0 radical (unpaired) electrons. The second-order valence-corrected chi connectivity index (χ2v) is 4.38. The maximum absolute atomic E-state index is 12.2. The van der Waals surface area contributed by atoms with Crippen molar-refractivity contribution in [1.29, 1.82) is 0 Å². The van der Waals surface area contributed by atoms with Crippen molar-refractivity contribution in [2.75, 3.05) is 26.2 Å². The van der Waals surface area contributed by atoms with Gasteiger partial charge in [-0.25, -0.2) is 4.79 Å². The van der Waals surface area contributed by atoms with Crippen molar-refractivity contribution in [3.63, 3.8) is 0 Å². The summed E-state index contributed by atoms with van der Waals surface area (Å²) in [5.74, 6) is -0.995. The second-order valence-electron chi connectivity index (χ2n) is 4.38. The van der Waals surface area contributed by atoms with Gasteiger partial charge in [0.1, 0.15) is 0 Å². The maximum atomic E-state index is 12.2. The fraction of sp³-hybridized carbons (Fsp3) is 0.385. The summed E-state index contributed by atoms with van der Waals surface area (Å²) in [5, 5.41) is 12.1. The van der Waals surface area contributed by atoms with Crippen molar-refractivity contribution in [1.82, 2.24) is 10.2 Å². The van der Waals surface area contributed by atoms with E-state index in [0.29, 0.717) is 24.2 Å². The molecule has 5 heteroatoms. The van der Waals surface area contributed by atoms with Crippen molar-refractivity contribution in [3.8, 4) is 0 Å². The molecule has 2 rings (SSSR count). The zero-order valence-corrected chi connectivity index (χ0v) is 10.3. The summed E-state index contributed by atoms with van der Waals surface area (Å²) in [4.78, 5) is 24.9. The van der Waals surface area contributed by atoms with Crippen LogP contribution in [0.5, 0.6) is 0 Å². The summed E-state index contributed by atoms with van der Waals surface area (Å²) in [6.07, 6.45) is 0. The van der Waals surface area contributed by atoms with Crippen LogP contribution in [0.2, 0.25) is 0 Å². The average molecular weight is 248 g/mol. The molecule has 1 aromatic rings. The first-order valence-electron chi connectivity index (χ1n) is 5.93. The standard InChI is InChI=1S/C13H16N2O3/c1-9-8-10(2-3-11(9)13(17)18)12(16)15-6-4-14-5-7-15/h2-3,8,14H,4-7H2,1H3,(H,17,18). The van der Waals surface area contributed by atoms with Crippen molar-refractivity contribution < 1.29 is 14.7 Å². The molecule has 5 nitrogen and oxygen atoms in total. The molecule has 0 aromatic heterocycles. The number of carbonyl (C=O) groups excluding carboxylic acids is 1. The lowest BCUT2D eigenvalue weighted by Gasteiger charge is -2.27. The van der Waals surface area contributed by atoms with Gasteiger partial charge in [-0.1, -0.05) is 0 Å². The van der Waals surface area contributed by atoms with Crippen molar-refractivity contribution >= 4 is 11.9 Å². The lowest BCUT2D eigenvalue weighted by molar-refractivity contribution is 0.0692. The number of amides is 1. The van der Waals surface area contributed by atoms with E-state index >= 15 is 0 Å². The number of piperazine rings is 1. The molecule has 1 aliphatic rings. The summed E-state index contributed by atoms with van der Waals surface area (Å²) in [7, 11) is 0. The Labute approximate surface area is 105 Å². The van der Waals surface area contributed by atoms with Crippen LogP contribution in [0.3, 0.4) is 0 Å². The van der Waals surface area contributed by atoms with Crippen LogP contribution in [0.1, 0.15) is 26.3 Å². The number of hydrogen-bond donors (Lipinski definition) is 2. The minimum atomic E-state index is -0.964. The van der Waals surface area contributed by atoms with Gasteiger partial charge in [0.15, 0.2) is 0 Å². The Morgan fingerprint density at radius 2 is 1.94 bits per heavy atom. The number of hydrogen-bond acceptors (Lipinski definition) is 3. The third-order valence-electron chi connectivity index (χ3n) is 3.11. The number of nitrogens with one attached hydrogen (secondary N) is 1. The van der Waals surface area contributed by atoms with Gasteiger partial charge >= 0.3 is 5.97 Å². The van der Waals surface area contributed by atoms with Gasteiger partial charge in [-0.3, -0.25) is 4.79 Å². The smallest absolute Gasteiger partial charge is 0.335 e. The van der Waals surface area contributed by atoms with Gasteiger partial charge in [0, 0.05) is 31.7 Å². The Hall–Kier alpha value is -1.88. The molecule has 96 valence electrons. The Morgan fingerprint density at radius 1 is 1.28 bits per heavy atom. The number of carbonyl (C=O) groups is 2. The summed E-state index contributed by atoms with van der Waals surface area (Å²) in [6, 6.07) is 4.72. The maximum Gasteiger partial charge on any atom is 0.335 e. The van der Waals surface area contributed by atoms with Crippen LogP contribution >= 0.6 is 0 Å². The van der Waals surface area contributed by atoms with E-state index in [1.807, 2.05) is 0 Å². The Balaban J connectivity index is 2.20. The Bertz CT molecular complexity index is 479. The zero-order chi connectivity index (χ0) is 13.1. The molecule has 0 saturated carbocycles. The van der Waals surface area contributed by atoms with Crippen LogP contribution in [0, 0.1) is 6.92 Å². The molecule has 18 heavy (non-hydrogen) atoms. The average Bonchev–Trinajstić information content (AvgIpc) is 2.38. The summed E-state index contributed by atoms with van der Waals surface area (Å²) in [6.45, 7) is 4.70. The van der Waals surface area contributed by atoms with Gasteiger partial charge in [-0.05, 0) is 30.7 Å². The zero-order valence-electron chi connectivity index (χ0n) is 10.3. The van der Waals surface area contributed by atoms with E-state index in [2.05, 4.69) is 5.32 Å². The third-order valence-corrected chi connectivity index (χ3v) is 3.11. The predicted molar refractivity (Wildman–Crippen MR) is 66.9 cm³/mol. The number of aryl methyl sites for hydroxylation is 1. The molecule has 0 spiro atoms. The largest absolute Gasteiger partial charge is 0.478 e. The van der Waals surface area contributed by atoms with Gasteiger partial charge in [0.2, 0.25) is 0 Å². The highest BCUT2D eigenvalue weighted by molar-refractivity contribution is 5.96. The summed E-state index contributed by atoms with van der Waals surface area (Å²) >= 11 is 0. The number of carboxylic acid groups (broad SMARTS) is 1. The molecular weight excluding hydrogens is 232 g/mol. The highest BCUT2D eigenvalue weighted by atomic mass is 16.4. The van der Waals surface area contributed by atoms with E-state index in [0.717, 1.165) is 13.1 Å². The highest BCUT2D eigenvalue weighted by Gasteiger charge is 2.19. The molecule has 0 bridgehead atoms. The van der Waals surface area contributed by atoms with Crippen LogP contribution in [0.15, 0.2) is 18.2 Å². The normalized spacial score (nSPS) is 15.5. The van der Waals surface area contributed by atoms with Crippen molar-refractivity contribution in [3.05, 3.63) is 34.9 Å². The molecule has 2 N–H and O–H groups in total. The third kappa shape index (κ3) is 2.51. The molecule has 1 aliphatic heterocycles. The molecule has 0 atom stereocenters. The van der Waals surface area contributed by atoms with Gasteiger partial charge in [-0.15, -0.1) is 0 Å². The van der Waals surface area contributed by atoms with E-state index in [-0.39, 0.29) is 11.5 Å². The van der Waals surface area contributed by atoms with Crippen LogP contribution in [-0.4, -0.2) is 48.1 Å². The molecule has 0 unspecified atom stereocenters. The lowest BCUT2D eigenvalue weighted by Crippen LogP contribution is -2.46. The lowest BCUT2D eigenvalue weighted by atomic mass is 10.0. The minimum Gasteiger partial charge on any atom is -0.478 e.